The zero-order valence-corrected chi connectivity index (χ0v) is 13.9. The van der Waals surface area contributed by atoms with Crippen LogP contribution >= 0.6 is 0 Å². The minimum Gasteiger partial charge on any atom is -0.512 e. The Kier molecular flexibility index (Phi) is 4.75. The summed E-state index contributed by atoms with van der Waals surface area (Å²) < 4.78 is 1.88. The smallest absolute Gasteiger partial charge is 0.173 e. The first kappa shape index (κ1) is 16.1. The van der Waals surface area contributed by atoms with Crippen LogP contribution in [-0.4, -0.2) is 50.1 Å². The first-order valence-electron chi connectivity index (χ1n) is 8.49. The zero-order valence-electron chi connectivity index (χ0n) is 13.9. The van der Waals surface area contributed by atoms with Crippen molar-refractivity contribution in [2.75, 3.05) is 14.1 Å². The molecule has 7 heteroatoms. The lowest BCUT2D eigenvalue weighted by atomic mass is 9.89. The number of carbonyl (C=O) groups excluding carboxylic acids is 1. The van der Waals surface area contributed by atoms with Crippen LogP contribution in [0, 0.1) is 0 Å². The Hall–Kier alpha value is -1.76. The average molecular weight is 319 g/mol. The summed E-state index contributed by atoms with van der Waals surface area (Å²) in [5.74, 6) is 0.863. The first-order valence-corrected chi connectivity index (χ1v) is 8.49. The van der Waals surface area contributed by atoms with E-state index in [1.807, 2.05) is 23.7 Å². The molecule has 0 bridgehead atoms. The molecule has 126 valence electrons. The van der Waals surface area contributed by atoms with E-state index < -0.39 is 0 Å². The molecular formula is C16H25N5O2. The summed E-state index contributed by atoms with van der Waals surface area (Å²) in [5, 5.41) is 22.6. The van der Waals surface area contributed by atoms with Gasteiger partial charge in [-0.05, 0) is 43.8 Å². The van der Waals surface area contributed by atoms with Gasteiger partial charge < -0.3 is 5.11 Å². The number of Topliss-reactive ketones (excluding diaryl/α,β-unsaturated/α-hetero) is 1. The van der Waals surface area contributed by atoms with Crippen molar-refractivity contribution in [3.63, 3.8) is 0 Å². The Morgan fingerprint density at radius 3 is 2.57 bits per heavy atom. The molecule has 0 amide bonds. The van der Waals surface area contributed by atoms with E-state index in [0.717, 1.165) is 12.8 Å². The Morgan fingerprint density at radius 1 is 1.17 bits per heavy atom. The van der Waals surface area contributed by atoms with Crippen molar-refractivity contribution in [1.29, 1.82) is 0 Å². The number of allylic oxidation sites excluding steroid dienone is 1. The lowest BCUT2D eigenvalue weighted by molar-refractivity contribution is -0.117. The molecule has 1 aromatic heterocycles. The molecule has 0 saturated heterocycles. The molecule has 0 aromatic carbocycles. The fraction of sp³-hybridized carbons (Fsp3) is 0.750. The summed E-state index contributed by atoms with van der Waals surface area (Å²) in [4.78, 5) is 14.3. The molecule has 1 saturated carbocycles. The molecule has 0 spiro atoms. The van der Waals surface area contributed by atoms with E-state index in [1.165, 1.54) is 19.3 Å². The highest BCUT2D eigenvalue weighted by Crippen LogP contribution is 2.36. The molecule has 2 aliphatic carbocycles. The lowest BCUT2D eigenvalue weighted by Crippen LogP contribution is -2.32. The first-order chi connectivity index (χ1) is 11.1. The molecule has 1 atom stereocenters. The molecule has 1 heterocycles. The number of carbonyl (C=O) groups is 1. The van der Waals surface area contributed by atoms with Crippen molar-refractivity contribution in [1.82, 2.24) is 25.1 Å². The molecule has 2 aliphatic rings. The number of aromatic nitrogens is 4. The van der Waals surface area contributed by atoms with E-state index in [9.17, 15) is 9.90 Å². The van der Waals surface area contributed by atoms with Crippen LogP contribution in [0.5, 0.6) is 0 Å². The van der Waals surface area contributed by atoms with Crippen molar-refractivity contribution >= 4 is 5.78 Å². The van der Waals surface area contributed by atoms with Crippen LogP contribution in [-0.2, 0) is 4.79 Å². The van der Waals surface area contributed by atoms with Crippen molar-refractivity contribution in [3.05, 3.63) is 17.2 Å². The number of ketones is 1. The van der Waals surface area contributed by atoms with E-state index in [-0.39, 0.29) is 23.6 Å². The highest BCUT2D eigenvalue weighted by atomic mass is 16.3. The molecule has 3 rings (SSSR count). The van der Waals surface area contributed by atoms with Crippen LogP contribution in [0.4, 0.5) is 0 Å². The molecule has 0 aliphatic heterocycles. The number of nitrogens with zero attached hydrogens (tertiary/aromatic N) is 5. The standard InChI is InChI=1S/C16H25N5O2/c1-20(2)15(14-12(22)9-6-10-13(14)23)16-17-18-19-21(16)11-7-4-3-5-8-11/h11,15,22H,3-10H2,1-2H3/t15-/m0/s1. The summed E-state index contributed by atoms with van der Waals surface area (Å²) >= 11 is 0. The van der Waals surface area contributed by atoms with Crippen LogP contribution in [0.3, 0.4) is 0 Å². The minimum absolute atomic E-state index is 0.00523. The predicted octanol–water partition coefficient (Wildman–Crippen LogP) is 2.35. The molecule has 0 radical (unpaired) electrons. The molecular weight excluding hydrogens is 294 g/mol. The highest BCUT2D eigenvalue weighted by molar-refractivity contribution is 5.97. The van der Waals surface area contributed by atoms with Crippen LogP contribution in [0.15, 0.2) is 11.3 Å². The SMILES string of the molecule is CN(C)[C@@H](C1=C(O)CCCC1=O)c1nnnn1C1CCCCC1. The third-order valence-corrected chi connectivity index (χ3v) is 4.90. The maximum Gasteiger partial charge on any atom is 0.173 e. The van der Waals surface area contributed by atoms with Crippen molar-refractivity contribution in [2.45, 2.75) is 63.5 Å². The Labute approximate surface area is 136 Å². The van der Waals surface area contributed by atoms with E-state index >= 15 is 0 Å². The second-order valence-electron chi connectivity index (χ2n) is 6.78. The molecule has 23 heavy (non-hydrogen) atoms. The normalized spacial score (nSPS) is 22.0. The van der Waals surface area contributed by atoms with Crippen molar-refractivity contribution in [2.24, 2.45) is 0 Å². The van der Waals surface area contributed by atoms with Gasteiger partial charge in [0.25, 0.3) is 0 Å². The van der Waals surface area contributed by atoms with Gasteiger partial charge in [-0.25, -0.2) is 4.68 Å². The zero-order chi connectivity index (χ0) is 16.4. The van der Waals surface area contributed by atoms with Crippen molar-refractivity contribution in [3.8, 4) is 0 Å². The van der Waals surface area contributed by atoms with E-state index in [2.05, 4.69) is 15.5 Å². The largest absolute Gasteiger partial charge is 0.512 e. The highest BCUT2D eigenvalue weighted by Gasteiger charge is 2.35. The van der Waals surface area contributed by atoms with Gasteiger partial charge >= 0.3 is 0 Å². The number of hydrogen-bond donors (Lipinski definition) is 1. The van der Waals surface area contributed by atoms with Gasteiger partial charge in [-0.2, -0.15) is 0 Å². The summed E-state index contributed by atoms with van der Waals surface area (Å²) in [6, 6.07) is -0.0997. The average Bonchev–Trinajstić information content (AvgIpc) is 3.00. The molecule has 1 N–H and O–H groups in total. The number of likely N-dealkylation sites (N-methyl/N-ethyl adjacent to an activating group) is 1. The topological polar surface area (TPSA) is 84.1 Å². The molecule has 1 fully saturated rings. The lowest BCUT2D eigenvalue weighted by Gasteiger charge is -2.30. The van der Waals surface area contributed by atoms with E-state index in [1.54, 1.807) is 0 Å². The maximum absolute atomic E-state index is 12.4. The fourth-order valence-corrected chi connectivity index (χ4v) is 3.74. The van der Waals surface area contributed by atoms with Gasteiger partial charge in [0.1, 0.15) is 11.8 Å². The quantitative estimate of drug-likeness (QED) is 0.917. The number of hydrogen-bond acceptors (Lipinski definition) is 6. The Bertz CT molecular complexity index is 601. The van der Waals surface area contributed by atoms with Gasteiger partial charge in [0.2, 0.25) is 0 Å². The van der Waals surface area contributed by atoms with E-state index in [4.69, 9.17) is 0 Å². The van der Waals surface area contributed by atoms with Gasteiger partial charge in [-0.15, -0.1) is 5.10 Å². The second-order valence-corrected chi connectivity index (χ2v) is 6.78. The van der Waals surface area contributed by atoms with Gasteiger partial charge in [0.05, 0.1) is 11.6 Å². The van der Waals surface area contributed by atoms with Crippen LogP contribution in [0.25, 0.3) is 0 Å². The van der Waals surface area contributed by atoms with Crippen LogP contribution in [0.2, 0.25) is 0 Å². The van der Waals surface area contributed by atoms with Crippen LogP contribution < -0.4 is 0 Å². The van der Waals surface area contributed by atoms with Gasteiger partial charge in [-0.3, -0.25) is 9.69 Å². The number of aliphatic hydroxyl groups excluding tert-OH is 1. The van der Waals surface area contributed by atoms with Crippen LogP contribution in [0.1, 0.15) is 69.3 Å². The third-order valence-electron chi connectivity index (χ3n) is 4.90. The summed E-state index contributed by atoms with van der Waals surface area (Å²) in [5.41, 5.74) is 0.466. The minimum atomic E-state index is -0.389. The monoisotopic (exact) mass is 319 g/mol. The van der Waals surface area contributed by atoms with Crippen molar-refractivity contribution < 1.29 is 9.90 Å². The third kappa shape index (κ3) is 3.15. The summed E-state index contributed by atoms with van der Waals surface area (Å²) in [6.07, 6.45) is 7.50. The molecule has 0 unspecified atom stereocenters. The van der Waals surface area contributed by atoms with E-state index in [0.29, 0.717) is 30.7 Å². The van der Waals surface area contributed by atoms with Gasteiger partial charge in [0, 0.05) is 12.8 Å². The second kappa shape index (κ2) is 6.78. The van der Waals surface area contributed by atoms with Gasteiger partial charge in [0.15, 0.2) is 11.6 Å². The Morgan fingerprint density at radius 2 is 1.91 bits per heavy atom. The number of rotatable bonds is 4. The predicted molar refractivity (Wildman–Crippen MR) is 84.9 cm³/mol. The summed E-state index contributed by atoms with van der Waals surface area (Å²) in [7, 11) is 3.79. The maximum atomic E-state index is 12.4. The van der Waals surface area contributed by atoms with Gasteiger partial charge in [-0.1, -0.05) is 19.3 Å². The molecule has 1 aromatic rings. The molecule has 7 nitrogen and oxygen atoms in total. The fourth-order valence-electron chi connectivity index (χ4n) is 3.74. The number of aliphatic hydroxyl groups is 1. The number of tetrazole rings is 1. The summed E-state index contributed by atoms with van der Waals surface area (Å²) in [6.45, 7) is 0. The Balaban J connectivity index is 2.00.